The van der Waals surface area contributed by atoms with Gasteiger partial charge in [-0.05, 0) is 43.8 Å². The number of rotatable bonds is 9. The van der Waals surface area contributed by atoms with Gasteiger partial charge in [-0.2, -0.15) is 11.8 Å². The lowest BCUT2D eigenvalue weighted by molar-refractivity contribution is 0.0313. The third kappa shape index (κ3) is 5.47. The van der Waals surface area contributed by atoms with Crippen molar-refractivity contribution in [3.05, 3.63) is 0 Å². The van der Waals surface area contributed by atoms with E-state index in [9.17, 15) is 5.11 Å². The van der Waals surface area contributed by atoms with Crippen LogP contribution in [-0.2, 0) is 4.74 Å². The number of hydrogen-bond donors (Lipinski definition) is 2. The van der Waals surface area contributed by atoms with Gasteiger partial charge in [0, 0.05) is 24.4 Å². The number of hydrogen-bond acceptors (Lipinski definition) is 4. The summed E-state index contributed by atoms with van der Waals surface area (Å²) >= 11 is 2.07. The molecule has 0 spiro atoms. The Hall–Kier alpha value is 0.230. The number of nitrogens with one attached hydrogen (secondary N) is 1. The highest BCUT2D eigenvalue weighted by Crippen LogP contribution is 2.30. The average molecular weight is 273 g/mol. The van der Waals surface area contributed by atoms with Gasteiger partial charge in [0.05, 0.1) is 12.7 Å². The number of aliphatic hydroxyl groups is 1. The topological polar surface area (TPSA) is 41.5 Å². The first-order valence-electron chi connectivity index (χ1n) is 7.38. The second-order valence-electron chi connectivity index (χ2n) is 5.63. The fourth-order valence-corrected chi connectivity index (χ4v) is 3.67. The van der Waals surface area contributed by atoms with E-state index in [0.29, 0.717) is 19.2 Å². The summed E-state index contributed by atoms with van der Waals surface area (Å²) in [5.74, 6) is 2.00. The largest absolute Gasteiger partial charge is 0.389 e. The minimum absolute atomic E-state index is 0.346. The highest BCUT2D eigenvalue weighted by atomic mass is 32.2. The first-order chi connectivity index (χ1) is 8.78. The maximum atomic E-state index is 9.82. The molecule has 2 rings (SSSR count). The van der Waals surface area contributed by atoms with E-state index in [-0.39, 0.29) is 6.10 Å². The van der Waals surface area contributed by atoms with Gasteiger partial charge in [0.1, 0.15) is 0 Å². The van der Waals surface area contributed by atoms with Gasteiger partial charge in [-0.15, -0.1) is 0 Å². The molecular weight excluding hydrogens is 246 g/mol. The molecule has 2 fully saturated rings. The van der Waals surface area contributed by atoms with Crippen molar-refractivity contribution in [2.45, 2.75) is 56.4 Å². The molecule has 2 aliphatic carbocycles. The molecule has 2 saturated carbocycles. The summed E-state index contributed by atoms with van der Waals surface area (Å²) in [6.45, 7) is 4.24. The Labute approximate surface area is 115 Å². The van der Waals surface area contributed by atoms with E-state index in [1.54, 1.807) is 0 Å². The van der Waals surface area contributed by atoms with Crippen LogP contribution in [0, 0.1) is 5.92 Å². The van der Waals surface area contributed by atoms with Crippen LogP contribution < -0.4 is 5.32 Å². The molecule has 106 valence electrons. The lowest BCUT2D eigenvalue weighted by atomic mass is 10.2. The first kappa shape index (κ1) is 14.6. The second-order valence-corrected chi connectivity index (χ2v) is 7.21. The molecule has 0 bridgehead atoms. The zero-order chi connectivity index (χ0) is 12.8. The molecule has 0 amide bonds. The van der Waals surface area contributed by atoms with Gasteiger partial charge in [0.25, 0.3) is 0 Å². The number of ether oxygens (including phenoxy) is 1. The minimum Gasteiger partial charge on any atom is -0.389 e. The summed E-state index contributed by atoms with van der Waals surface area (Å²) in [6.07, 6.45) is 6.12. The third-order valence-corrected chi connectivity index (χ3v) is 5.02. The Morgan fingerprint density at radius 3 is 2.89 bits per heavy atom. The molecule has 0 saturated heterocycles. The molecule has 0 radical (unpaired) electrons. The van der Waals surface area contributed by atoms with Crippen LogP contribution >= 0.6 is 11.8 Å². The summed E-state index contributed by atoms with van der Waals surface area (Å²) in [5.41, 5.74) is 0. The fourth-order valence-electron chi connectivity index (χ4n) is 2.53. The van der Waals surface area contributed by atoms with E-state index < -0.39 is 0 Å². The van der Waals surface area contributed by atoms with Crippen LogP contribution in [0.3, 0.4) is 0 Å². The Kier molecular flexibility index (Phi) is 6.29. The van der Waals surface area contributed by atoms with Gasteiger partial charge in [0.15, 0.2) is 0 Å². The molecular formula is C14H27NO2S. The molecule has 4 heteroatoms. The van der Waals surface area contributed by atoms with Crippen molar-refractivity contribution in [3.63, 3.8) is 0 Å². The van der Waals surface area contributed by atoms with Crippen molar-refractivity contribution in [1.82, 2.24) is 5.32 Å². The normalized spacial score (nSPS) is 29.7. The second kappa shape index (κ2) is 7.73. The van der Waals surface area contributed by atoms with Crippen molar-refractivity contribution < 1.29 is 9.84 Å². The number of thioether (sulfide) groups is 1. The van der Waals surface area contributed by atoms with Crippen LogP contribution in [0.2, 0.25) is 0 Å². The average Bonchev–Trinajstić information content (AvgIpc) is 3.06. The first-order valence-corrected chi connectivity index (χ1v) is 8.43. The van der Waals surface area contributed by atoms with Gasteiger partial charge in [-0.25, -0.2) is 0 Å². The minimum atomic E-state index is -0.346. The van der Waals surface area contributed by atoms with Crippen molar-refractivity contribution in [2.75, 3.05) is 25.5 Å². The zero-order valence-corrected chi connectivity index (χ0v) is 12.3. The van der Waals surface area contributed by atoms with E-state index in [1.807, 2.05) is 0 Å². The predicted octanol–water partition coefficient (Wildman–Crippen LogP) is 2.04. The van der Waals surface area contributed by atoms with Crippen LogP contribution in [0.25, 0.3) is 0 Å². The van der Waals surface area contributed by atoms with Crippen LogP contribution in [-0.4, -0.2) is 48.0 Å². The molecule has 18 heavy (non-hydrogen) atoms. The summed E-state index contributed by atoms with van der Waals surface area (Å²) in [6, 6.07) is 0.604. The Morgan fingerprint density at radius 2 is 2.17 bits per heavy atom. The summed E-state index contributed by atoms with van der Waals surface area (Å²) in [5, 5.41) is 14.1. The molecule has 0 aromatic rings. The fraction of sp³-hybridized carbons (Fsp3) is 1.00. The Morgan fingerprint density at radius 1 is 1.33 bits per heavy atom. The SMILES string of the molecule is CCSC1CCC(NCC(O)COCC2CC2)C1. The molecule has 0 aliphatic heterocycles. The maximum Gasteiger partial charge on any atom is 0.0897 e. The molecule has 2 N–H and O–H groups in total. The van der Waals surface area contributed by atoms with E-state index in [4.69, 9.17) is 4.74 Å². The van der Waals surface area contributed by atoms with Gasteiger partial charge < -0.3 is 15.2 Å². The van der Waals surface area contributed by atoms with E-state index >= 15 is 0 Å². The lowest BCUT2D eigenvalue weighted by Crippen LogP contribution is -2.36. The van der Waals surface area contributed by atoms with Gasteiger partial charge in [-0.3, -0.25) is 0 Å². The van der Waals surface area contributed by atoms with Gasteiger partial charge in [-0.1, -0.05) is 6.92 Å². The van der Waals surface area contributed by atoms with Crippen LogP contribution in [0.4, 0.5) is 0 Å². The van der Waals surface area contributed by atoms with Crippen molar-refractivity contribution in [3.8, 4) is 0 Å². The van der Waals surface area contributed by atoms with E-state index in [2.05, 4.69) is 24.0 Å². The van der Waals surface area contributed by atoms with Crippen LogP contribution in [0.1, 0.15) is 39.0 Å². The zero-order valence-electron chi connectivity index (χ0n) is 11.4. The van der Waals surface area contributed by atoms with Crippen molar-refractivity contribution in [1.29, 1.82) is 0 Å². The van der Waals surface area contributed by atoms with E-state index in [0.717, 1.165) is 17.8 Å². The summed E-state index contributed by atoms with van der Waals surface area (Å²) in [7, 11) is 0. The van der Waals surface area contributed by atoms with Crippen LogP contribution in [0.15, 0.2) is 0 Å². The number of aliphatic hydroxyl groups excluding tert-OH is 1. The Balaban J connectivity index is 1.48. The lowest BCUT2D eigenvalue weighted by Gasteiger charge is -2.16. The Bertz CT molecular complexity index is 236. The standard InChI is InChI=1S/C14H27NO2S/c1-2-18-14-6-5-12(7-14)15-8-13(16)10-17-9-11-3-4-11/h11-16H,2-10H2,1H3. The molecule has 3 unspecified atom stereocenters. The highest BCUT2D eigenvalue weighted by Gasteiger charge is 2.25. The van der Waals surface area contributed by atoms with Crippen molar-refractivity contribution in [2.24, 2.45) is 5.92 Å². The molecule has 0 aromatic carbocycles. The summed E-state index contributed by atoms with van der Waals surface area (Å²) < 4.78 is 5.50. The summed E-state index contributed by atoms with van der Waals surface area (Å²) in [4.78, 5) is 0. The van der Waals surface area contributed by atoms with Gasteiger partial charge in [0.2, 0.25) is 0 Å². The molecule has 2 aliphatic rings. The molecule has 0 heterocycles. The smallest absolute Gasteiger partial charge is 0.0897 e. The monoisotopic (exact) mass is 273 g/mol. The molecule has 0 aromatic heterocycles. The predicted molar refractivity (Wildman–Crippen MR) is 77.1 cm³/mol. The van der Waals surface area contributed by atoms with E-state index in [1.165, 1.54) is 37.9 Å². The highest BCUT2D eigenvalue weighted by molar-refractivity contribution is 7.99. The molecule has 3 atom stereocenters. The van der Waals surface area contributed by atoms with Crippen LogP contribution in [0.5, 0.6) is 0 Å². The molecule has 3 nitrogen and oxygen atoms in total. The maximum absolute atomic E-state index is 9.82. The van der Waals surface area contributed by atoms with Gasteiger partial charge >= 0.3 is 0 Å². The third-order valence-electron chi connectivity index (χ3n) is 3.79. The van der Waals surface area contributed by atoms with Crippen molar-refractivity contribution >= 4 is 11.8 Å². The quantitative estimate of drug-likeness (QED) is 0.674.